The van der Waals surface area contributed by atoms with E-state index in [1.807, 2.05) is 6.07 Å². The molecule has 140 valence electrons. The third kappa shape index (κ3) is 3.74. The summed E-state index contributed by atoms with van der Waals surface area (Å²) < 4.78 is 18.7. The Balaban J connectivity index is 0.00000196. The van der Waals surface area contributed by atoms with Crippen LogP contribution >= 0.6 is 12.4 Å². The fraction of sp³-hybridized carbons (Fsp3) is 0.400. The highest BCUT2D eigenvalue weighted by Gasteiger charge is 2.21. The summed E-state index contributed by atoms with van der Waals surface area (Å²) >= 11 is 0. The third-order valence-electron chi connectivity index (χ3n) is 5.20. The molecule has 1 N–H and O–H groups in total. The van der Waals surface area contributed by atoms with Gasteiger partial charge in [-0.2, -0.15) is 0 Å². The molecule has 1 saturated heterocycles. The quantitative estimate of drug-likeness (QED) is 0.881. The second kappa shape index (κ2) is 8.14. The number of hydrogen-bond donors (Lipinski definition) is 1. The van der Waals surface area contributed by atoms with Gasteiger partial charge in [0.2, 0.25) is 0 Å². The van der Waals surface area contributed by atoms with Crippen LogP contribution < -0.4 is 15.0 Å². The van der Waals surface area contributed by atoms with Gasteiger partial charge in [0, 0.05) is 56.7 Å². The van der Waals surface area contributed by atoms with E-state index in [0.717, 1.165) is 51.4 Å². The summed E-state index contributed by atoms with van der Waals surface area (Å²) in [6.07, 6.45) is 1.13. The number of piperazine rings is 1. The molecule has 0 amide bonds. The van der Waals surface area contributed by atoms with Crippen molar-refractivity contribution in [1.82, 2.24) is 4.90 Å². The van der Waals surface area contributed by atoms with Crippen LogP contribution in [-0.2, 0) is 13.0 Å². The second-order valence-electron chi connectivity index (χ2n) is 6.71. The van der Waals surface area contributed by atoms with Crippen LogP contribution in [0.5, 0.6) is 5.75 Å². The minimum Gasteiger partial charge on any atom is -0.494 e. The Bertz CT molecular complexity index is 763. The second-order valence-corrected chi connectivity index (χ2v) is 6.71. The minimum absolute atomic E-state index is 0. The summed E-state index contributed by atoms with van der Waals surface area (Å²) in [7, 11) is 1.51. The molecule has 2 heterocycles. The number of rotatable bonds is 4. The molecule has 2 aromatic carbocycles. The van der Waals surface area contributed by atoms with Gasteiger partial charge in [-0.3, -0.25) is 4.90 Å². The highest BCUT2D eigenvalue weighted by atomic mass is 35.5. The van der Waals surface area contributed by atoms with Crippen LogP contribution in [-0.4, -0.2) is 44.7 Å². The van der Waals surface area contributed by atoms with Gasteiger partial charge in [-0.1, -0.05) is 18.2 Å². The smallest absolute Gasteiger partial charge is 0.165 e. The Kier molecular flexibility index (Phi) is 5.89. The summed E-state index contributed by atoms with van der Waals surface area (Å²) in [5, 5.41) is 3.52. The average molecular weight is 378 g/mol. The zero-order valence-corrected chi connectivity index (χ0v) is 15.8. The average Bonchev–Trinajstić information content (AvgIpc) is 3.13. The lowest BCUT2D eigenvalue weighted by atomic mass is 10.1. The number of anilines is 2. The molecule has 1 fully saturated rings. The number of halogens is 2. The third-order valence-corrected chi connectivity index (χ3v) is 5.20. The molecule has 0 atom stereocenters. The lowest BCUT2D eigenvalue weighted by Crippen LogP contribution is -2.46. The normalized spacial score (nSPS) is 16.6. The Hall–Kier alpha value is -1.98. The lowest BCUT2D eigenvalue weighted by molar-refractivity contribution is 0.250. The highest BCUT2D eigenvalue weighted by Crippen LogP contribution is 2.29. The molecule has 0 unspecified atom stereocenters. The molecule has 0 spiro atoms. The Morgan fingerprint density at radius 2 is 1.92 bits per heavy atom. The molecular weight excluding hydrogens is 353 g/mol. The van der Waals surface area contributed by atoms with Crippen molar-refractivity contribution < 1.29 is 9.13 Å². The molecule has 4 rings (SSSR count). The maximum absolute atomic E-state index is 13.6. The van der Waals surface area contributed by atoms with Crippen molar-refractivity contribution >= 4 is 23.8 Å². The summed E-state index contributed by atoms with van der Waals surface area (Å²) in [5.41, 5.74) is 5.20. The van der Waals surface area contributed by atoms with Crippen LogP contribution in [0.1, 0.15) is 11.1 Å². The van der Waals surface area contributed by atoms with Crippen LogP contribution in [0.3, 0.4) is 0 Å². The van der Waals surface area contributed by atoms with E-state index < -0.39 is 0 Å². The number of hydrogen-bond acceptors (Lipinski definition) is 4. The van der Waals surface area contributed by atoms with Gasteiger partial charge in [0.05, 0.1) is 7.11 Å². The molecule has 4 nitrogen and oxygen atoms in total. The van der Waals surface area contributed by atoms with Crippen LogP contribution in [0.15, 0.2) is 36.4 Å². The van der Waals surface area contributed by atoms with E-state index in [-0.39, 0.29) is 18.2 Å². The minimum atomic E-state index is -0.310. The molecule has 2 aliphatic rings. The first-order valence-corrected chi connectivity index (χ1v) is 8.90. The fourth-order valence-corrected chi connectivity index (χ4v) is 3.79. The number of benzene rings is 2. The maximum atomic E-state index is 13.6. The molecule has 0 bridgehead atoms. The van der Waals surface area contributed by atoms with Gasteiger partial charge in [-0.25, -0.2) is 4.39 Å². The van der Waals surface area contributed by atoms with Gasteiger partial charge in [-0.05, 0) is 29.7 Å². The summed E-state index contributed by atoms with van der Waals surface area (Å²) in [6, 6.07) is 11.7. The van der Waals surface area contributed by atoms with Crippen molar-refractivity contribution in [1.29, 1.82) is 0 Å². The highest BCUT2D eigenvalue weighted by molar-refractivity contribution is 5.85. The van der Waals surface area contributed by atoms with Crippen LogP contribution in [0.25, 0.3) is 0 Å². The van der Waals surface area contributed by atoms with Crippen molar-refractivity contribution in [2.75, 3.05) is 50.1 Å². The van der Waals surface area contributed by atoms with Crippen LogP contribution in [0, 0.1) is 5.82 Å². The largest absolute Gasteiger partial charge is 0.494 e. The number of para-hydroxylation sites is 1. The number of fused-ring (bicyclic) bond motifs is 1. The molecule has 6 heteroatoms. The standard InChI is InChI=1S/C20H24FN3O.ClH/c1-25-19-13-17(5-6-18(19)21)24-11-9-23(10-12-24)14-16-4-2-3-15-7-8-22-20(15)16;/h2-6,13,22H,7-12,14H2,1H3;1H. The van der Waals surface area contributed by atoms with E-state index in [2.05, 4.69) is 33.3 Å². The van der Waals surface area contributed by atoms with Crippen molar-refractivity contribution in [2.45, 2.75) is 13.0 Å². The number of nitrogens with zero attached hydrogens (tertiary/aromatic N) is 2. The molecule has 0 aromatic heterocycles. The molecule has 2 aromatic rings. The predicted molar refractivity (Wildman–Crippen MR) is 106 cm³/mol. The number of nitrogens with one attached hydrogen (secondary N) is 1. The monoisotopic (exact) mass is 377 g/mol. The van der Waals surface area contributed by atoms with Crippen molar-refractivity contribution in [2.24, 2.45) is 0 Å². The summed E-state index contributed by atoms with van der Waals surface area (Å²) in [5.74, 6) is 0.00108. The van der Waals surface area contributed by atoms with Gasteiger partial charge in [0.25, 0.3) is 0 Å². The summed E-state index contributed by atoms with van der Waals surface area (Å²) in [4.78, 5) is 4.79. The topological polar surface area (TPSA) is 27.7 Å². The van der Waals surface area contributed by atoms with Crippen molar-refractivity contribution in [3.8, 4) is 5.75 Å². The van der Waals surface area contributed by atoms with E-state index in [1.165, 1.54) is 30.0 Å². The van der Waals surface area contributed by atoms with Crippen LogP contribution in [0.2, 0.25) is 0 Å². The van der Waals surface area contributed by atoms with Gasteiger partial charge in [-0.15, -0.1) is 12.4 Å². The van der Waals surface area contributed by atoms with E-state index in [0.29, 0.717) is 5.75 Å². The van der Waals surface area contributed by atoms with Gasteiger partial charge >= 0.3 is 0 Å². The molecule has 0 radical (unpaired) electrons. The van der Waals surface area contributed by atoms with Gasteiger partial charge in [0.1, 0.15) is 0 Å². The number of ether oxygens (including phenoxy) is 1. The van der Waals surface area contributed by atoms with Crippen LogP contribution in [0.4, 0.5) is 15.8 Å². The molecule has 2 aliphatic heterocycles. The van der Waals surface area contributed by atoms with E-state index in [9.17, 15) is 4.39 Å². The predicted octanol–water partition coefficient (Wildman–Crippen LogP) is 3.55. The van der Waals surface area contributed by atoms with E-state index in [1.54, 1.807) is 6.07 Å². The van der Waals surface area contributed by atoms with Gasteiger partial charge < -0.3 is 15.0 Å². The zero-order valence-electron chi connectivity index (χ0n) is 15.0. The van der Waals surface area contributed by atoms with Gasteiger partial charge in [0.15, 0.2) is 11.6 Å². The maximum Gasteiger partial charge on any atom is 0.165 e. The van der Waals surface area contributed by atoms with Crippen molar-refractivity contribution in [3.05, 3.63) is 53.3 Å². The van der Waals surface area contributed by atoms with E-state index in [4.69, 9.17) is 4.74 Å². The molecule has 0 aliphatic carbocycles. The van der Waals surface area contributed by atoms with Crippen molar-refractivity contribution in [3.63, 3.8) is 0 Å². The Morgan fingerprint density at radius 3 is 2.69 bits per heavy atom. The fourth-order valence-electron chi connectivity index (χ4n) is 3.79. The zero-order chi connectivity index (χ0) is 17.2. The first kappa shape index (κ1) is 18.8. The molecular formula is C20H25ClFN3O. The number of methoxy groups -OCH3 is 1. The first-order chi connectivity index (χ1) is 12.2. The van der Waals surface area contributed by atoms with E-state index >= 15 is 0 Å². The molecule has 0 saturated carbocycles. The Labute approximate surface area is 160 Å². The Morgan fingerprint density at radius 1 is 1.12 bits per heavy atom. The summed E-state index contributed by atoms with van der Waals surface area (Å²) in [6.45, 7) is 5.92. The molecule has 26 heavy (non-hydrogen) atoms. The lowest BCUT2D eigenvalue weighted by Gasteiger charge is -2.36. The first-order valence-electron chi connectivity index (χ1n) is 8.90. The SMILES string of the molecule is COc1cc(N2CCN(Cc3cccc4c3NCC4)CC2)ccc1F.Cl.